The van der Waals surface area contributed by atoms with Crippen LogP contribution < -0.4 is 0 Å². The van der Waals surface area contributed by atoms with E-state index in [2.05, 4.69) is 18.0 Å². The average molecular weight is 166 g/mol. The van der Waals surface area contributed by atoms with Gasteiger partial charge in [-0.2, -0.15) is 0 Å². The van der Waals surface area contributed by atoms with E-state index in [4.69, 9.17) is 11.6 Å². The molecule has 0 spiro atoms. The second-order valence-electron chi connectivity index (χ2n) is 2.73. The van der Waals surface area contributed by atoms with Crippen molar-refractivity contribution in [2.24, 2.45) is 0 Å². The van der Waals surface area contributed by atoms with E-state index in [-0.39, 0.29) is 0 Å². The first-order valence-corrected chi connectivity index (χ1v) is 3.97. The maximum absolute atomic E-state index is 5.88. The summed E-state index contributed by atoms with van der Waals surface area (Å²) < 4.78 is 0. The molecule has 1 heterocycles. The Morgan fingerprint density at radius 2 is 2.36 bits per heavy atom. The average Bonchev–Trinajstić information content (AvgIpc) is 2.45. The third-order valence-corrected chi connectivity index (χ3v) is 2.30. The highest BCUT2D eigenvalue weighted by atomic mass is 35.5. The number of rotatable bonds is 0. The molecular formula is C9H8ClN. The Morgan fingerprint density at radius 3 is 3.09 bits per heavy atom. The molecule has 0 aromatic carbocycles. The van der Waals surface area contributed by atoms with Gasteiger partial charge in [0.15, 0.2) is 0 Å². The molecule has 0 fully saturated rings. The number of nitrogens with zero attached hydrogens (tertiary/aromatic N) is 1. The van der Waals surface area contributed by atoms with Crippen molar-refractivity contribution in [2.75, 3.05) is 0 Å². The Labute approximate surface area is 70.7 Å². The van der Waals surface area contributed by atoms with Gasteiger partial charge in [-0.1, -0.05) is 23.8 Å². The first-order chi connectivity index (χ1) is 5.29. The molecule has 0 unspecified atom stereocenters. The number of hydrogen-bond acceptors (Lipinski definition) is 1. The smallest absolute Gasteiger partial charge is 0.136 e. The Morgan fingerprint density at radius 1 is 1.55 bits per heavy atom. The van der Waals surface area contributed by atoms with Gasteiger partial charge in [0.2, 0.25) is 0 Å². The number of fused-ring (bicyclic) bond motifs is 1. The van der Waals surface area contributed by atoms with Crippen LogP contribution in [0.3, 0.4) is 0 Å². The number of allylic oxidation sites excluding steroid dienone is 1. The van der Waals surface area contributed by atoms with Crippen LogP contribution in [0.1, 0.15) is 16.7 Å². The molecule has 0 atom stereocenters. The molecule has 0 bridgehead atoms. The minimum absolute atomic E-state index is 0.624. The molecule has 1 aliphatic rings. The largest absolute Gasteiger partial charge is 0.244 e. The lowest BCUT2D eigenvalue weighted by atomic mass is 10.1. The summed E-state index contributed by atoms with van der Waals surface area (Å²) in [6.45, 7) is 2.06. The van der Waals surface area contributed by atoms with Crippen LogP contribution >= 0.6 is 11.6 Å². The van der Waals surface area contributed by atoms with E-state index in [1.807, 2.05) is 12.3 Å². The normalized spacial score (nSPS) is 13.6. The Hall–Kier alpha value is -0.820. The van der Waals surface area contributed by atoms with Crippen molar-refractivity contribution in [2.45, 2.75) is 13.3 Å². The zero-order valence-corrected chi connectivity index (χ0v) is 7.02. The topological polar surface area (TPSA) is 12.9 Å². The van der Waals surface area contributed by atoms with Gasteiger partial charge in [0.05, 0.1) is 0 Å². The number of hydrogen-bond donors (Lipinski definition) is 0. The SMILES string of the molecule is Cc1cnc(Cl)c2c1CC=C2. The lowest BCUT2D eigenvalue weighted by Crippen LogP contribution is -1.90. The zero-order valence-electron chi connectivity index (χ0n) is 6.26. The summed E-state index contributed by atoms with van der Waals surface area (Å²) in [6.07, 6.45) is 6.99. The van der Waals surface area contributed by atoms with Gasteiger partial charge in [-0.15, -0.1) is 0 Å². The van der Waals surface area contributed by atoms with Crippen molar-refractivity contribution in [1.29, 1.82) is 0 Å². The van der Waals surface area contributed by atoms with E-state index in [9.17, 15) is 0 Å². The predicted molar refractivity (Wildman–Crippen MR) is 46.7 cm³/mol. The molecule has 1 aliphatic carbocycles. The number of aromatic nitrogens is 1. The van der Waals surface area contributed by atoms with Gasteiger partial charge in [-0.3, -0.25) is 0 Å². The van der Waals surface area contributed by atoms with Crippen LogP contribution in [0.5, 0.6) is 0 Å². The van der Waals surface area contributed by atoms with Gasteiger partial charge in [0.25, 0.3) is 0 Å². The van der Waals surface area contributed by atoms with Gasteiger partial charge in [-0.25, -0.2) is 4.98 Å². The maximum Gasteiger partial charge on any atom is 0.136 e. The van der Waals surface area contributed by atoms with Crippen molar-refractivity contribution in [3.8, 4) is 0 Å². The molecule has 0 saturated carbocycles. The third kappa shape index (κ3) is 0.962. The molecule has 11 heavy (non-hydrogen) atoms. The van der Waals surface area contributed by atoms with Crippen molar-refractivity contribution in [1.82, 2.24) is 4.98 Å². The summed E-state index contributed by atoms with van der Waals surface area (Å²) in [4.78, 5) is 4.06. The predicted octanol–water partition coefficient (Wildman–Crippen LogP) is 2.61. The van der Waals surface area contributed by atoms with Gasteiger partial charge in [-0.05, 0) is 24.5 Å². The number of aryl methyl sites for hydroxylation is 1. The second kappa shape index (κ2) is 2.35. The van der Waals surface area contributed by atoms with Crippen molar-refractivity contribution < 1.29 is 0 Å². The van der Waals surface area contributed by atoms with Crippen LogP contribution in [0.4, 0.5) is 0 Å². The highest BCUT2D eigenvalue weighted by molar-refractivity contribution is 6.31. The fourth-order valence-corrected chi connectivity index (χ4v) is 1.60. The van der Waals surface area contributed by atoms with Gasteiger partial charge >= 0.3 is 0 Å². The minimum atomic E-state index is 0.624. The molecule has 1 aromatic heterocycles. The van der Waals surface area contributed by atoms with Crippen LogP contribution in [-0.4, -0.2) is 4.98 Å². The van der Waals surface area contributed by atoms with Gasteiger partial charge in [0.1, 0.15) is 5.15 Å². The van der Waals surface area contributed by atoms with Crippen molar-refractivity contribution in [3.05, 3.63) is 34.1 Å². The van der Waals surface area contributed by atoms with E-state index < -0.39 is 0 Å². The standard InChI is InChI=1S/C9H8ClN/c1-6-5-11-9(10)8-4-2-3-7(6)8/h2,4-5H,3H2,1H3. The Kier molecular flexibility index (Phi) is 1.46. The third-order valence-electron chi connectivity index (χ3n) is 2.00. The van der Waals surface area contributed by atoms with E-state index in [1.54, 1.807) is 0 Å². The summed E-state index contributed by atoms with van der Waals surface area (Å²) in [5.41, 5.74) is 3.66. The quantitative estimate of drug-likeness (QED) is 0.539. The van der Waals surface area contributed by atoms with Crippen molar-refractivity contribution in [3.63, 3.8) is 0 Å². The summed E-state index contributed by atoms with van der Waals surface area (Å²) in [7, 11) is 0. The highest BCUT2D eigenvalue weighted by Gasteiger charge is 2.11. The maximum atomic E-state index is 5.88. The van der Waals surface area contributed by atoms with E-state index in [1.165, 1.54) is 11.1 Å². The Balaban J connectivity index is 2.71. The summed E-state index contributed by atoms with van der Waals surface area (Å²) >= 11 is 5.88. The lowest BCUT2D eigenvalue weighted by molar-refractivity contribution is 1.17. The van der Waals surface area contributed by atoms with Crippen LogP contribution in [0.25, 0.3) is 6.08 Å². The molecule has 0 radical (unpaired) electrons. The molecule has 56 valence electrons. The van der Waals surface area contributed by atoms with Crippen LogP contribution in [0, 0.1) is 6.92 Å². The molecule has 0 aliphatic heterocycles. The first kappa shape index (κ1) is 6.86. The summed E-state index contributed by atoms with van der Waals surface area (Å²) in [5, 5.41) is 0.624. The van der Waals surface area contributed by atoms with Crippen LogP contribution in [-0.2, 0) is 6.42 Å². The Bertz CT molecular complexity index is 329. The van der Waals surface area contributed by atoms with Gasteiger partial charge in [0, 0.05) is 11.8 Å². The molecule has 2 rings (SSSR count). The molecule has 0 saturated heterocycles. The minimum Gasteiger partial charge on any atom is -0.244 e. The zero-order chi connectivity index (χ0) is 7.84. The summed E-state index contributed by atoms with van der Waals surface area (Å²) in [5.74, 6) is 0. The molecule has 0 N–H and O–H groups in total. The van der Waals surface area contributed by atoms with Gasteiger partial charge < -0.3 is 0 Å². The fourth-order valence-electron chi connectivity index (χ4n) is 1.37. The van der Waals surface area contributed by atoms with Crippen LogP contribution in [0.2, 0.25) is 5.15 Å². The highest BCUT2D eigenvalue weighted by Crippen LogP contribution is 2.27. The molecule has 0 amide bonds. The van der Waals surface area contributed by atoms with E-state index >= 15 is 0 Å². The van der Waals surface area contributed by atoms with E-state index in [0.717, 1.165) is 12.0 Å². The monoisotopic (exact) mass is 165 g/mol. The number of pyridine rings is 1. The van der Waals surface area contributed by atoms with E-state index in [0.29, 0.717) is 5.15 Å². The summed E-state index contributed by atoms with van der Waals surface area (Å²) in [6, 6.07) is 0. The molecule has 2 heteroatoms. The molecular weight excluding hydrogens is 158 g/mol. The fraction of sp³-hybridized carbons (Fsp3) is 0.222. The first-order valence-electron chi connectivity index (χ1n) is 3.59. The molecule has 1 nitrogen and oxygen atoms in total. The molecule has 1 aromatic rings. The second-order valence-corrected chi connectivity index (χ2v) is 3.09. The van der Waals surface area contributed by atoms with Crippen LogP contribution in [0.15, 0.2) is 12.3 Å². The van der Waals surface area contributed by atoms with Crippen molar-refractivity contribution >= 4 is 17.7 Å². The number of halogens is 1. The lowest BCUT2D eigenvalue weighted by Gasteiger charge is -2.03.